The van der Waals surface area contributed by atoms with E-state index in [4.69, 9.17) is 0 Å². The molecule has 3 saturated carbocycles. The summed E-state index contributed by atoms with van der Waals surface area (Å²) in [5.41, 5.74) is 3.61. The summed E-state index contributed by atoms with van der Waals surface area (Å²) in [5.74, 6) is 1.87. The van der Waals surface area contributed by atoms with E-state index in [-0.39, 0.29) is 0 Å². The van der Waals surface area contributed by atoms with Crippen LogP contribution in [-0.4, -0.2) is 32.5 Å². The third-order valence-electron chi connectivity index (χ3n) is 8.62. The Bertz CT molecular complexity index is 860. The van der Waals surface area contributed by atoms with E-state index in [2.05, 4.69) is 37.6 Å². The lowest BCUT2D eigenvalue weighted by molar-refractivity contribution is 0.0823. The van der Waals surface area contributed by atoms with Gasteiger partial charge in [0.2, 0.25) is 0 Å². The van der Waals surface area contributed by atoms with Crippen LogP contribution >= 0.6 is 11.3 Å². The van der Waals surface area contributed by atoms with Crippen molar-refractivity contribution in [3.63, 3.8) is 0 Å². The van der Waals surface area contributed by atoms with Crippen LogP contribution in [0.2, 0.25) is 0 Å². The van der Waals surface area contributed by atoms with Crippen LogP contribution in [-0.2, 0) is 0 Å². The maximum atomic E-state index is 10.5. The van der Waals surface area contributed by atoms with Crippen LogP contribution < -0.4 is 0 Å². The van der Waals surface area contributed by atoms with Crippen LogP contribution in [0.3, 0.4) is 0 Å². The van der Waals surface area contributed by atoms with Crippen LogP contribution in [0, 0.1) is 23.2 Å². The number of hydrogen-bond donors (Lipinski definition) is 3. The van der Waals surface area contributed by atoms with E-state index in [1.165, 1.54) is 42.6 Å². The molecule has 32 heavy (non-hydrogen) atoms. The van der Waals surface area contributed by atoms with Crippen LogP contribution in [0.5, 0.6) is 0 Å². The predicted octanol–water partition coefficient (Wildman–Crippen LogP) is 5.73. The summed E-state index contributed by atoms with van der Waals surface area (Å²) in [6.45, 7) is 8.93. The zero-order valence-electron chi connectivity index (χ0n) is 19.5. The Morgan fingerprint density at radius 1 is 1.28 bits per heavy atom. The minimum atomic E-state index is -0.628. The van der Waals surface area contributed by atoms with Crippen molar-refractivity contribution >= 4 is 11.3 Å². The fourth-order valence-electron chi connectivity index (χ4n) is 6.82. The molecule has 3 N–H and O–H groups in total. The Morgan fingerprint density at radius 3 is 2.84 bits per heavy atom. The maximum Gasteiger partial charge on any atom is 0.121 e. The summed E-state index contributed by atoms with van der Waals surface area (Å²) in [6.07, 6.45) is 13.6. The average molecular weight is 458 g/mol. The molecule has 7 atom stereocenters. The Morgan fingerprint density at radius 2 is 2.09 bits per heavy atom. The van der Waals surface area contributed by atoms with Crippen molar-refractivity contribution < 1.29 is 15.3 Å². The lowest BCUT2D eigenvalue weighted by atomic mass is 9.60. The largest absolute Gasteiger partial charge is 0.393 e. The number of hydrogen-bond acceptors (Lipinski definition) is 5. The van der Waals surface area contributed by atoms with Crippen LogP contribution in [0.4, 0.5) is 0 Å². The van der Waals surface area contributed by atoms with Crippen molar-refractivity contribution in [2.75, 3.05) is 0 Å². The monoisotopic (exact) mass is 457 g/mol. The Kier molecular flexibility index (Phi) is 7.40. The van der Waals surface area contributed by atoms with Gasteiger partial charge in [-0.2, -0.15) is 0 Å². The third-order valence-corrected chi connectivity index (χ3v) is 9.50. The summed E-state index contributed by atoms with van der Waals surface area (Å²) < 4.78 is 0. The van der Waals surface area contributed by atoms with Gasteiger partial charge in [0.25, 0.3) is 0 Å². The van der Waals surface area contributed by atoms with E-state index in [0.717, 1.165) is 35.4 Å². The highest BCUT2D eigenvalue weighted by atomic mass is 32.1. The highest BCUT2D eigenvalue weighted by Crippen LogP contribution is 2.60. The van der Waals surface area contributed by atoms with Gasteiger partial charge in [-0.1, -0.05) is 38.2 Å². The highest BCUT2D eigenvalue weighted by molar-refractivity contribution is 7.09. The standard InChI is InChI=1S/C27H39NO3S/c1-17(6-11-24(30)26-28-13-14-32-26)22-9-10-23-19(5-4-12-27(22,23)3)7-8-20-15-21(29)16-25(31)18(20)2/h7-8,13-14,17,21-25,29-31H,2,4-6,9-12,15-16H2,1,3H3/b19-7+,20-8-/t17-,21-,22-,23+,24?,25+,27-/m1/s1. The minimum Gasteiger partial charge on any atom is -0.393 e. The molecular formula is C27H39NO3S. The zero-order valence-corrected chi connectivity index (χ0v) is 20.4. The van der Waals surface area contributed by atoms with Gasteiger partial charge in [-0.3, -0.25) is 0 Å². The fraction of sp³-hybridized carbons (Fsp3) is 0.667. The van der Waals surface area contributed by atoms with Gasteiger partial charge in [0.05, 0.1) is 12.2 Å². The minimum absolute atomic E-state index is 0.316. The molecule has 1 aromatic heterocycles. The molecular weight excluding hydrogens is 418 g/mol. The molecule has 0 aromatic carbocycles. The molecule has 4 nitrogen and oxygen atoms in total. The van der Waals surface area contributed by atoms with Gasteiger partial charge < -0.3 is 15.3 Å². The van der Waals surface area contributed by atoms with Crippen molar-refractivity contribution in [2.24, 2.45) is 23.2 Å². The molecule has 5 heteroatoms. The molecule has 3 aliphatic rings. The number of rotatable bonds is 6. The van der Waals surface area contributed by atoms with Gasteiger partial charge in [-0.15, -0.1) is 11.3 Å². The number of aliphatic hydroxyl groups is 3. The van der Waals surface area contributed by atoms with E-state index >= 15 is 0 Å². The van der Waals surface area contributed by atoms with Crippen LogP contribution in [0.25, 0.3) is 0 Å². The summed E-state index contributed by atoms with van der Waals surface area (Å²) in [7, 11) is 0. The van der Waals surface area contributed by atoms with Crippen LogP contribution in [0.15, 0.2) is 47.0 Å². The van der Waals surface area contributed by atoms with Gasteiger partial charge in [0, 0.05) is 18.0 Å². The summed E-state index contributed by atoms with van der Waals surface area (Å²) in [6, 6.07) is 0. The second-order valence-corrected chi connectivity index (χ2v) is 11.5. The molecule has 0 saturated heterocycles. The number of thiazole rings is 1. The molecule has 3 fully saturated rings. The van der Waals surface area contributed by atoms with Crippen molar-refractivity contribution in [1.82, 2.24) is 4.98 Å². The number of fused-ring (bicyclic) bond motifs is 1. The lowest BCUT2D eigenvalue weighted by Crippen LogP contribution is -2.36. The number of aliphatic hydroxyl groups excluding tert-OH is 3. The molecule has 1 heterocycles. The van der Waals surface area contributed by atoms with Gasteiger partial charge in [-0.25, -0.2) is 4.98 Å². The van der Waals surface area contributed by atoms with Crippen molar-refractivity contribution in [2.45, 2.75) is 89.9 Å². The first kappa shape index (κ1) is 23.9. The zero-order chi connectivity index (χ0) is 22.9. The predicted molar refractivity (Wildman–Crippen MR) is 130 cm³/mol. The van der Waals surface area contributed by atoms with E-state index < -0.39 is 18.3 Å². The number of allylic oxidation sites excluding steroid dienone is 3. The Balaban J connectivity index is 1.44. The molecule has 176 valence electrons. The Hall–Kier alpha value is -1.27. The second kappa shape index (κ2) is 9.92. The molecule has 1 unspecified atom stereocenters. The summed E-state index contributed by atoms with van der Waals surface area (Å²) >= 11 is 1.54. The lowest BCUT2D eigenvalue weighted by Gasteiger charge is -2.44. The smallest absolute Gasteiger partial charge is 0.121 e. The van der Waals surface area contributed by atoms with Gasteiger partial charge in [-0.05, 0) is 85.7 Å². The Labute approximate surface area is 196 Å². The van der Waals surface area contributed by atoms with E-state index in [9.17, 15) is 15.3 Å². The highest BCUT2D eigenvalue weighted by Gasteiger charge is 2.50. The van der Waals surface area contributed by atoms with E-state index in [1.54, 1.807) is 6.20 Å². The first-order chi connectivity index (χ1) is 15.3. The summed E-state index contributed by atoms with van der Waals surface area (Å²) in [5, 5.41) is 33.5. The number of nitrogens with zero attached hydrogens (tertiary/aromatic N) is 1. The molecule has 3 aliphatic carbocycles. The van der Waals surface area contributed by atoms with Crippen molar-refractivity contribution in [3.05, 3.63) is 52.0 Å². The van der Waals surface area contributed by atoms with Gasteiger partial charge >= 0.3 is 0 Å². The van der Waals surface area contributed by atoms with Crippen LogP contribution in [0.1, 0.15) is 82.7 Å². The second-order valence-electron chi connectivity index (χ2n) is 10.6. The third kappa shape index (κ3) is 4.82. The molecule has 0 spiro atoms. The average Bonchev–Trinajstić information content (AvgIpc) is 3.41. The maximum absolute atomic E-state index is 10.5. The first-order valence-corrected chi connectivity index (χ1v) is 13.2. The normalized spacial score (nSPS) is 37.6. The molecule has 0 aliphatic heterocycles. The fourth-order valence-corrected chi connectivity index (χ4v) is 7.48. The van der Waals surface area contributed by atoms with Crippen molar-refractivity contribution in [3.8, 4) is 0 Å². The van der Waals surface area contributed by atoms with Gasteiger partial charge in [0.1, 0.15) is 11.1 Å². The first-order valence-electron chi connectivity index (χ1n) is 12.3. The summed E-state index contributed by atoms with van der Waals surface area (Å²) in [4.78, 5) is 4.27. The molecule has 0 radical (unpaired) electrons. The quantitative estimate of drug-likeness (QED) is 0.510. The van der Waals surface area contributed by atoms with E-state index in [0.29, 0.717) is 36.0 Å². The molecule has 4 rings (SSSR count). The SMILES string of the molecule is C=C1/C(=C\C=C2/CCC[C@]3(C)[C@@H]([C@H](C)CCC(O)c4nccs4)CC[C@@H]23)C[C@@H](O)C[C@@H]1O. The van der Waals surface area contributed by atoms with Crippen molar-refractivity contribution in [1.29, 1.82) is 0 Å². The number of aromatic nitrogens is 1. The molecule has 1 aromatic rings. The molecule has 0 bridgehead atoms. The van der Waals surface area contributed by atoms with E-state index in [1.807, 2.05) is 5.38 Å². The molecule has 0 amide bonds. The topological polar surface area (TPSA) is 73.6 Å². The van der Waals surface area contributed by atoms with Gasteiger partial charge in [0.15, 0.2) is 0 Å².